The van der Waals surface area contributed by atoms with Crippen molar-refractivity contribution < 1.29 is 43.2 Å². The van der Waals surface area contributed by atoms with Crippen LogP contribution in [0.4, 0.5) is 0 Å². The van der Waals surface area contributed by atoms with Gasteiger partial charge in [-0.1, -0.05) is 91.0 Å². The number of rotatable bonds is 12. The summed E-state index contributed by atoms with van der Waals surface area (Å²) in [5, 5.41) is 13.5. The number of carbonyl (C=O) groups is 9. The van der Waals surface area contributed by atoms with Gasteiger partial charge in [-0.25, -0.2) is 0 Å². The monoisotopic (exact) mass is 976 g/mol. The van der Waals surface area contributed by atoms with Crippen molar-refractivity contribution in [1.29, 1.82) is 0 Å². The minimum Gasteiger partial charge on any atom is -0.370 e. The lowest BCUT2D eigenvalue weighted by Gasteiger charge is -2.33. The summed E-state index contributed by atoms with van der Waals surface area (Å²) in [4.78, 5) is 136. The molecule has 0 saturated carbocycles. The Kier molecular flexibility index (Phi) is 18.6. The van der Waals surface area contributed by atoms with Crippen LogP contribution in [0.3, 0.4) is 0 Å². The molecule has 0 bridgehead atoms. The first-order valence-corrected chi connectivity index (χ1v) is 23.9. The highest BCUT2D eigenvalue weighted by Gasteiger charge is 2.44. The van der Waals surface area contributed by atoms with E-state index in [1.54, 1.807) is 91.0 Å². The van der Waals surface area contributed by atoms with Gasteiger partial charge < -0.3 is 58.5 Å². The molecule has 3 heterocycles. The van der Waals surface area contributed by atoms with Crippen molar-refractivity contribution in [3.05, 3.63) is 108 Å². The highest BCUT2D eigenvalue weighted by Crippen LogP contribution is 2.26. The molecule has 378 valence electrons. The van der Waals surface area contributed by atoms with Gasteiger partial charge in [-0.2, -0.15) is 0 Å². The van der Waals surface area contributed by atoms with Gasteiger partial charge in [-0.15, -0.1) is 0 Å². The fourth-order valence-electron chi connectivity index (χ4n) is 9.12. The number of nitrogens with two attached hydrogens (primary N) is 3. The van der Waals surface area contributed by atoms with Crippen molar-refractivity contribution >= 4 is 59.1 Å². The Labute approximate surface area is 412 Å². The fourth-order valence-corrected chi connectivity index (χ4v) is 9.12. The third-order valence-corrected chi connectivity index (χ3v) is 12.7. The third-order valence-electron chi connectivity index (χ3n) is 12.7. The molecule has 71 heavy (non-hydrogen) atoms. The van der Waals surface area contributed by atoms with E-state index in [0.717, 1.165) is 0 Å². The zero-order valence-corrected chi connectivity index (χ0v) is 39.8. The van der Waals surface area contributed by atoms with Crippen molar-refractivity contribution in [1.82, 2.24) is 41.3 Å². The van der Waals surface area contributed by atoms with Crippen LogP contribution < -0.4 is 43.8 Å². The molecular weight excluding hydrogens is 913 g/mol. The maximum Gasteiger partial charge on any atom is 0.246 e. The molecule has 11 N–H and O–H groups in total. The number of guanidine groups is 1. The Morgan fingerprint density at radius 3 is 1.61 bits per heavy atom. The van der Waals surface area contributed by atoms with Gasteiger partial charge in [0.1, 0.15) is 48.8 Å². The van der Waals surface area contributed by atoms with Crippen LogP contribution in [0.25, 0.3) is 0 Å². The zero-order valence-electron chi connectivity index (χ0n) is 39.8. The smallest absolute Gasteiger partial charge is 0.246 e. The molecule has 3 aliphatic rings. The summed E-state index contributed by atoms with van der Waals surface area (Å²) < 4.78 is 0. The number of aliphatic imine (C=N–C) groups is 1. The van der Waals surface area contributed by atoms with Crippen LogP contribution in [0, 0.1) is 0 Å². The van der Waals surface area contributed by atoms with E-state index in [9.17, 15) is 43.2 Å². The number of primary amides is 1. The molecule has 3 saturated heterocycles. The van der Waals surface area contributed by atoms with Crippen molar-refractivity contribution in [3.63, 3.8) is 0 Å². The Morgan fingerprint density at radius 1 is 0.577 bits per heavy atom. The van der Waals surface area contributed by atoms with Crippen LogP contribution in [0.5, 0.6) is 0 Å². The van der Waals surface area contributed by atoms with Gasteiger partial charge in [-0.3, -0.25) is 48.1 Å². The number of hydrogen-bond donors (Lipinski definition) is 8. The first kappa shape index (κ1) is 52.5. The number of nitrogens with one attached hydrogen (secondary N) is 5. The van der Waals surface area contributed by atoms with Crippen LogP contribution in [-0.4, -0.2) is 142 Å². The van der Waals surface area contributed by atoms with Crippen LogP contribution in [0.1, 0.15) is 68.6 Å². The van der Waals surface area contributed by atoms with Gasteiger partial charge in [0.2, 0.25) is 53.2 Å². The van der Waals surface area contributed by atoms with E-state index < -0.39 is 108 Å². The van der Waals surface area contributed by atoms with Gasteiger partial charge in [0.25, 0.3) is 0 Å². The average molecular weight is 977 g/mol. The molecule has 0 aromatic heterocycles. The van der Waals surface area contributed by atoms with Crippen LogP contribution >= 0.6 is 0 Å². The van der Waals surface area contributed by atoms with Gasteiger partial charge >= 0.3 is 0 Å². The minimum absolute atomic E-state index is 0.0127. The molecule has 3 aromatic carbocycles. The summed E-state index contributed by atoms with van der Waals surface area (Å²) in [6.07, 6.45) is 0.884. The summed E-state index contributed by atoms with van der Waals surface area (Å²) in [5.74, 6) is -6.80. The molecule has 3 aliphatic heterocycles. The lowest BCUT2D eigenvalue weighted by atomic mass is 10.0. The SMILES string of the molecule is C[C@@H]1NC(=O)[C@H](CC(N)=O)NC(=O)[C@H](Cc2ccccc2)NC(=O)[C@H](Cc2ccccc2)NC(=O)[C@H](CCCN=C(N)N)NC(=O)[C@@H]2CCCN2C(=O)[C@H]2CCCN2C(=O)CN(Cc2ccccc2)C1=O. The summed E-state index contributed by atoms with van der Waals surface area (Å²) in [6.45, 7) is 1.38. The maximum atomic E-state index is 14.6. The number of hydrogen-bond acceptors (Lipinski definition) is 10. The van der Waals surface area contributed by atoms with Gasteiger partial charge in [0, 0.05) is 39.0 Å². The molecule has 3 fully saturated rings. The second kappa shape index (κ2) is 25.1. The van der Waals surface area contributed by atoms with E-state index >= 15 is 0 Å². The van der Waals surface area contributed by atoms with Crippen LogP contribution in [0.2, 0.25) is 0 Å². The molecule has 6 rings (SSSR count). The molecule has 0 aliphatic carbocycles. The lowest BCUT2D eigenvalue weighted by molar-refractivity contribution is -0.149. The molecule has 7 atom stereocenters. The molecule has 0 unspecified atom stereocenters. The predicted octanol–water partition coefficient (Wildman–Crippen LogP) is -1.13. The summed E-state index contributed by atoms with van der Waals surface area (Å²) in [7, 11) is 0. The Morgan fingerprint density at radius 2 is 1.06 bits per heavy atom. The summed E-state index contributed by atoms with van der Waals surface area (Å²) in [6, 6.07) is 17.4. The second-order valence-corrected chi connectivity index (χ2v) is 18.1. The molecule has 3 aromatic rings. The van der Waals surface area contributed by atoms with E-state index in [0.29, 0.717) is 36.0 Å². The van der Waals surface area contributed by atoms with Crippen molar-refractivity contribution in [2.24, 2.45) is 22.2 Å². The maximum absolute atomic E-state index is 14.6. The first-order valence-electron chi connectivity index (χ1n) is 23.9. The number of carbonyl (C=O) groups excluding carboxylic acids is 9. The highest BCUT2D eigenvalue weighted by molar-refractivity contribution is 5.99. The predicted molar refractivity (Wildman–Crippen MR) is 261 cm³/mol. The summed E-state index contributed by atoms with van der Waals surface area (Å²) >= 11 is 0. The standard InChI is InChI=1S/C50H64N12O9/c1-31-48(70)60(29-34-18-9-4-10-19-34)30-42(64)61-24-13-22-40(61)49(71)62-25-12-21-39(62)47(69)56-35(20-11-23-54-50(52)53)43(65)57-36(26-32-14-5-2-6-15-32)45(67)58-37(27-33-16-7-3-8-17-33)46(68)59-38(28-41(51)63)44(66)55-31/h2-10,14-19,31,35-40H,11-13,20-30H2,1H3,(H2,51,63)(H,55,66)(H,56,69)(H,57,65)(H,58,67)(H,59,68)(H4,52,53,54)/t31-,35-,36-,37-,38-,39-,40+/m0/s1. The molecular formula is C50H64N12O9. The van der Waals surface area contributed by atoms with Gasteiger partial charge in [0.05, 0.1) is 6.42 Å². The Bertz CT molecular complexity index is 2420. The highest BCUT2D eigenvalue weighted by atomic mass is 16.2. The number of nitrogens with zero attached hydrogens (tertiary/aromatic N) is 4. The minimum atomic E-state index is -1.63. The molecule has 21 nitrogen and oxygen atoms in total. The van der Waals surface area contributed by atoms with Crippen molar-refractivity contribution in [3.8, 4) is 0 Å². The van der Waals surface area contributed by atoms with Gasteiger partial charge in [0.15, 0.2) is 5.96 Å². The van der Waals surface area contributed by atoms with Gasteiger partial charge in [-0.05, 0) is 62.1 Å². The van der Waals surface area contributed by atoms with Crippen molar-refractivity contribution in [2.75, 3.05) is 26.2 Å². The van der Waals surface area contributed by atoms with E-state index in [4.69, 9.17) is 17.2 Å². The quantitative estimate of drug-likeness (QED) is 0.0610. The Hall–Kier alpha value is -7.84. The zero-order chi connectivity index (χ0) is 51.0. The number of benzene rings is 3. The lowest BCUT2D eigenvalue weighted by Crippen LogP contribution is -2.61. The van der Waals surface area contributed by atoms with Crippen molar-refractivity contribution in [2.45, 2.75) is 114 Å². The molecule has 0 radical (unpaired) electrons. The molecule has 9 amide bonds. The number of fused-ring (bicyclic) bond motifs is 2. The van der Waals surface area contributed by atoms with E-state index in [2.05, 4.69) is 31.6 Å². The first-order chi connectivity index (χ1) is 34.1. The molecule has 0 spiro atoms. The number of amides is 9. The third kappa shape index (κ3) is 14.8. The van der Waals surface area contributed by atoms with Crippen LogP contribution in [-0.2, 0) is 62.5 Å². The largest absolute Gasteiger partial charge is 0.370 e. The van der Waals surface area contributed by atoms with E-state index in [-0.39, 0.29) is 64.2 Å². The topological polar surface area (TPSA) is 314 Å². The van der Waals surface area contributed by atoms with E-state index in [1.807, 2.05) is 0 Å². The average Bonchev–Trinajstić information content (AvgIpc) is 4.06. The van der Waals surface area contributed by atoms with E-state index in [1.165, 1.54) is 21.6 Å². The summed E-state index contributed by atoms with van der Waals surface area (Å²) in [5.41, 5.74) is 18.6. The fraction of sp³-hybridized carbons (Fsp3) is 0.440. The Balaban J connectivity index is 1.39. The normalized spacial score (nSPS) is 24.4. The second-order valence-electron chi connectivity index (χ2n) is 18.1. The molecule has 21 heteroatoms. The van der Waals surface area contributed by atoms with Crippen LogP contribution in [0.15, 0.2) is 96.0 Å².